The van der Waals surface area contributed by atoms with Gasteiger partial charge in [-0.15, -0.1) is 0 Å². The van der Waals surface area contributed by atoms with Gasteiger partial charge < -0.3 is 31.8 Å². The van der Waals surface area contributed by atoms with Crippen molar-refractivity contribution in [1.82, 2.24) is 25.9 Å². The maximum absolute atomic E-state index is 13.7. The fraction of sp³-hybridized carbons (Fsp3) is 0.214. The molecule has 2 heterocycles. The Labute approximate surface area is 307 Å². The first-order valence-corrected chi connectivity index (χ1v) is 17.5. The predicted octanol–water partition coefficient (Wildman–Crippen LogP) is 4.77. The molecule has 0 aliphatic rings. The van der Waals surface area contributed by atoms with Gasteiger partial charge in [0.15, 0.2) is 0 Å². The van der Waals surface area contributed by atoms with Crippen LogP contribution in [0.3, 0.4) is 0 Å². The number of nitrogens with zero attached hydrogens (tertiary/aromatic N) is 1. The van der Waals surface area contributed by atoms with E-state index in [-0.39, 0.29) is 30.9 Å². The van der Waals surface area contributed by atoms with E-state index in [1.54, 1.807) is 18.2 Å². The number of rotatable bonds is 15. The lowest BCUT2D eigenvalue weighted by Crippen LogP contribution is -2.54. The van der Waals surface area contributed by atoms with E-state index in [4.69, 9.17) is 5.73 Å². The van der Waals surface area contributed by atoms with Gasteiger partial charge in [-0.3, -0.25) is 19.2 Å². The third-order valence-electron chi connectivity index (χ3n) is 9.16. The number of pyridine rings is 1. The van der Waals surface area contributed by atoms with E-state index in [9.17, 15) is 24.3 Å². The average Bonchev–Trinajstić information content (AvgIpc) is 3.59. The van der Waals surface area contributed by atoms with Crippen molar-refractivity contribution in [3.05, 3.63) is 149 Å². The normalized spacial score (nSPS) is 13.5. The summed E-state index contributed by atoms with van der Waals surface area (Å²) in [5, 5.41) is 21.9. The zero-order valence-electron chi connectivity index (χ0n) is 29.3. The largest absolute Gasteiger partial charge is 0.391 e. The number of primary amides is 1. The molecule has 0 aliphatic carbocycles. The Morgan fingerprint density at radius 2 is 1.53 bits per heavy atom. The van der Waals surface area contributed by atoms with Crippen LogP contribution in [0, 0.1) is 6.92 Å². The number of carbonyl (C=O) groups is 4. The quantitative estimate of drug-likeness (QED) is 0.0894. The van der Waals surface area contributed by atoms with E-state index in [1.165, 1.54) is 6.07 Å². The van der Waals surface area contributed by atoms with Crippen LogP contribution in [0.5, 0.6) is 0 Å². The van der Waals surface area contributed by atoms with Crippen LogP contribution in [-0.2, 0) is 20.8 Å². The summed E-state index contributed by atoms with van der Waals surface area (Å²) >= 11 is 0. The number of aromatic amines is 1. The minimum atomic E-state index is -1.34. The number of carbonyl (C=O) groups excluding carboxylic acids is 4. The molecule has 0 bridgehead atoms. The molecule has 53 heavy (non-hydrogen) atoms. The summed E-state index contributed by atoms with van der Waals surface area (Å²) in [6.45, 7) is 1.99. The van der Waals surface area contributed by atoms with Crippen LogP contribution in [0.2, 0.25) is 0 Å². The number of hydrogen-bond acceptors (Lipinski definition) is 6. The zero-order valence-corrected chi connectivity index (χ0v) is 29.3. The zero-order chi connectivity index (χ0) is 37.3. The SMILES string of the molecule is Cc1cccc(C(NC(=O)CC[C@H](O)C(Cc2ccccc2)NC(=O)[C@H](CC(N)=O)NC(=O)c2ccc3ccccc3n2)c2cc3ccccc3[nH]2)c1. The Kier molecular flexibility index (Phi) is 11.6. The first-order valence-electron chi connectivity index (χ1n) is 17.5. The predicted molar refractivity (Wildman–Crippen MR) is 204 cm³/mol. The summed E-state index contributed by atoms with van der Waals surface area (Å²) in [5.41, 5.74) is 10.7. The van der Waals surface area contributed by atoms with E-state index in [0.29, 0.717) is 5.52 Å². The number of para-hydroxylation sites is 2. The molecule has 0 saturated heterocycles. The summed E-state index contributed by atoms with van der Waals surface area (Å²) in [6.07, 6.45) is -1.44. The van der Waals surface area contributed by atoms with Gasteiger partial charge in [-0.05, 0) is 60.5 Å². The van der Waals surface area contributed by atoms with Crippen molar-refractivity contribution < 1.29 is 24.3 Å². The third-order valence-corrected chi connectivity index (χ3v) is 9.16. The number of nitrogens with two attached hydrogens (primary N) is 1. The van der Waals surface area contributed by atoms with Crippen LogP contribution >= 0.6 is 0 Å². The van der Waals surface area contributed by atoms with Crippen LogP contribution in [0.15, 0.2) is 121 Å². The summed E-state index contributed by atoms with van der Waals surface area (Å²) in [5.74, 6) is -2.46. The van der Waals surface area contributed by atoms with Gasteiger partial charge in [-0.2, -0.15) is 0 Å². The van der Waals surface area contributed by atoms with Crippen molar-refractivity contribution in [1.29, 1.82) is 0 Å². The number of nitrogens with one attached hydrogen (secondary N) is 4. The lowest BCUT2D eigenvalue weighted by Gasteiger charge is -2.27. The number of hydrogen-bond donors (Lipinski definition) is 6. The van der Waals surface area contributed by atoms with Gasteiger partial charge in [-0.1, -0.05) is 103 Å². The number of aryl methyl sites for hydroxylation is 1. The Morgan fingerprint density at radius 3 is 2.28 bits per heavy atom. The highest BCUT2D eigenvalue weighted by molar-refractivity contribution is 5.99. The molecule has 0 saturated carbocycles. The molecule has 0 aliphatic heterocycles. The van der Waals surface area contributed by atoms with Crippen molar-refractivity contribution in [3.63, 3.8) is 0 Å². The summed E-state index contributed by atoms with van der Waals surface area (Å²) in [6, 6.07) is 35.0. The summed E-state index contributed by atoms with van der Waals surface area (Å²) < 4.78 is 0. The fourth-order valence-corrected chi connectivity index (χ4v) is 6.42. The number of amides is 4. The molecule has 4 atom stereocenters. The van der Waals surface area contributed by atoms with E-state index in [0.717, 1.165) is 38.7 Å². The monoisotopic (exact) mass is 710 g/mol. The molecule has 4 amide bonds. The molecular weight excluding hydrogens is 668 g/mol. The van der Waals surface area contributed by atoms with Gasteiger partial charge in [0.2, 0.25) is 17.7 Å². The van der Waals surface area contributed by atoms with Crippen molar-refractivity contribution in [2.75, 3.05) is 0 Å². The molecular formula is C42H42N6O5. The molecule has 2 unspecified atom stereocenters. The van der Waals surface area contributed by atoms with Gasteiger partial charge in [-0.25, -0.2) is 4.98 Å². The second-order valence-electron chi connectivity index (χ2n) is 13.2. The highest BCUT2D eigenvalue weighted by Crippen LogP contribution is 2.26. The van der Waals surface area contributed by atoms with Crippen molar-refractivity contribution in [2.24, 2.45) is 5.73 Å². The van der Waals surface area contributed by atoms with Gasteiger partial charge >= 0.3 is 0 Å². The van der Waals surface area contributed by atoms with Crippen molar-refractivity contribution >= 4 is 45.4 Å². The van der Waals surface area contributed by atoms with Crippen LogP contribution in [0.1, 0.15) is 58.2 Å². The Bertz CT molecular complexity index is 2200. The lowest BCUT2D eigenvalue weighted by atomic mass is 9.97. The van der Waals surface area contributed by atoms with Crippen LogP contribution in [0.4, 0.5) is 0 Å². The van der Waals surface area contributed by atoms with Gasteiger partial charge in [0.25, 0.3) is 5.91 Å². The molecule has 6 aromatic rings. The number of aliphatic hydroxyl groups excluding tert-OH is 1. The van der Waals surface area contributed by atoms with Crippen LogP contribution in [-0.4, -0.2) is 56.9 Å². The molecule has 4 aromatic carbocycles. The number of fused-ring (bicyclic) bond motifs is 2. The van der Waals surface area contributed by atoms with Crippen molar-refractivity contribution in [2.45, 2.75) is 56.8 Å². The van der Waals surface area contributed by atoms with E-state index in [1.807, 2.05) is 104 Å². The van der Waals surface area contributed by atoms with E-state index in [2.05, 4.69) is 25.9 Å². The van der Waals surface area contributed by atoms with E-state index < -0.39 is 48.4 Å². The summed E-state index contributed by atoms with van der Waals surface area (Å²) in [4.78, 5) is 60.3. The molecule has 0 spiro atoms. The van der Waals surface area contributed by atoms with E-state index >= 15 is 0 Å². The topological polar surface area (TPSA) is 179 Å². The van der Waals surface area contributed by atoms with Gasteiger partial charge in [0.05, 0.1) is 30.1 Å². The molecule has 2 aromatic heterocycles. The highest BCUT2D eigenvalue weighted by atomic mass is 16.3. The molecule has 6 rings (SSSR count). The smallest absolute Gasteiger partial charge is 0.270 e. The highest BCUT2D eigenvalue weighted by Gasteiger charge is 2.30. The maximum atomic E-state index is 13.7. The molecule has 270 valence electrons. The minimum absolute atomic E-state index is 0.0186. The number of aliphatic hydroxyl groups is 1. The molecule has 0 fully saturated rings. The third kappa shape index (κ3) is 9.52. The number of H-pyrrole nitrogens is 1. The Hall–Kier alpha value is -6.33. The average molecular weight is 711 g/mol. The first-order chi connectivity index (χ1) is 25.6. The molecule has 0 radical (unpaired) electrons. The molecule has 7 N–H and O–H groups in total. The second kappa shape index (κ2) is 16.8. The Morgan fingerprint density at radius 1 is 0.792 bits per heavy atom. The maximum Gasteiger partial charge on any atom is 0.270 e. The van der Waals surface area contributed by atoms with Gasteiger partial charge in [0.1, 0.15) is 11.7 Å². The fourth-order valence-electron chi connectivity index (χ4n) is 6.42. The number of aromatic nitrogens is 2. The van der Waals surface area contributed by atoms with Gasteiger partial charge in [0, 0.05) is 23.0 Å². The van der Waals surface area contributed by atoms with Crippen molar-refractivity contribution in [3.8, 4) is 0 Å². The van der Waals surface area contributed by atoms with Crippen LogP contribution < -0.4 is 21.7 Å². The second-order valence-corrected chi connectivity index (χ2v) is 13.2. The molecule has 11 nitrogen and oxygen atoms in total. The minimum Gasteiger partial charge on any atom is -0.391 e. The first kappa shape index (κ1) is 36.5. The number of benzene rings is 4. The standard InChI is InChI=1S/C42H42N6O5/c1-26-10-9-15-30(22-26)40(35-24-29-14-6-8-17-32(29)45-35)48-39(51)21-20-37(49)34(23-27-11-3-2-4-12-27)46-42(53)36(25-38(43)50)47-41(52)33-19-18-28-13-5-7-16-31(28)44-33/h2-19,22,24,34,36-37,40,45,49H,20-21,23,25H2,1H3,(H2,43,50)(H,46,53)(H,47,52)(H,48,51)/t34?,36-,37-,40?/m0/s1. The summed E-state index contributed by atoms with van der Waals surface area (Å²) in [7, 11) is 0. The Balaban J connectivity index is 1.16. The molecule has 11 heteroatoms. The van der Waals surface area contributed by atoms with Crippen LogP contribution in [0.25, 0.3) is 21.8 Å². The lowest BCUT2D eigenvalue weighted by molar-refractivity contribution is -0.128.